The minimum atomic E-state index is -3.38. The fourth-order valence-corrected chi connectivity index (χ4v) is 3.61. The van der Waals surface area contributed by atoms with Crippen LogP contribution in [0.3, 0.4) is 0 Å². The summed E-state index contributed by atoms with van der Waals surface area (Å²) in [5.41, 5.74) is 0. The molecule has 4 nitrogen and oxygen atoms in total. The SMILES string of the molecule is CCCNS(=O)(=O)c1ccc(SC(C)CCO)cc1. The number of benzene rings is 1. The first-order valence-electron chi connectivity index (χ1n) is 6.37. The summed E-state index contributed by atoms with van der Waals surface area (Å²) < 4.78 is 26.3. The summed E-state index contributed by atoms with van der Waals surface area (Å²) in [6.45, 7) is 4.58. The zero-order chi connectivity index (χ0) is 14.3. The molecule has 0 spiro atoms. The van der Waals surface area contributed by atoms with Gasteiger partial charge in [0.15, 0.2) is 0 Å². The molecule has 1 atom stereocenters. The van der Waals surface area contributed by atoms with Crippen molar-refractivity contribution in [3.8, 4) is 0 Å². The topological polar surface area (TPSA) is 66.4 Å². The maximum atomic E-state index is 11.9. The van der Waals surface area contributed by atoms with Crippen LogP contribution in [0.15, 0.2) is 34.1 Å². The summed E-state index contributed by atoms with van der Waals surface area (Å²) in [7, 11) is -3.38. The number of hydrogen-bond donors (Lipinski definition) is 2. The average molecular weight is 303 g/mol. The minimum absolute atomic E-state index is 0.168. The van der Waals surface area contributed by atoms with E-state index in [9.17, 15) is 8.42 Å². The fourth-order valence-electron chi connectivity index (χ4n) is 1.49. The molecule has 2 N–H and O–H groups in total. The van der Waals surface area contributed by atoms with Gasteiger partial charge < -0.3 is 5.11 Å². The largest absolute Gasteiger partial charge is 0.396 e. The van der Waals surface area contributed by atoms with Crippen LogP contribution in [0.4, 0.5) is 0 Å². The molecule has 0 radical (unpaired) electrons. The van der Waals surface area contributed by atoms with Crippen LogP contribution in [0.2, 0.25) is 0 Å². The second-order valence-electron chi connectivity index (χ2n) is 4.31. The first-order valence-corrected chi connectivity index (χ1v) is 8.73. The summed E-state index contributed by atoms with van der Waals surface area (Å²) in [6.07, 6.45) is 1.49. The van der Waals surface area contributed by atoms with Crippen LogP contribution in [0.1, 0.15) is 26.7 Å². The second kappa shape index (κ2) is 7.89. The van der Waals surface area contributed by atoms with Crippen LogP contribution in [0.5, 0.6) is 0 Å². The van der Waals surface area contributed by atoms with Gasteiger partial charge in [0, 0.05) is 23.3 Å². The summed E-state index contributed by atoms with van der Waals surface area (Å²) >= 11 is 1.63. The van der Waals surface area contributed by atoms with E-state index >= 15 is 0 Å². The Bertz CT molecular complexity index is 471. The van der Waals surface area contributed by atoms with Crippen LogP contribution in [-0.4, -0.2) is 31.9 Å². The zero-order valence-corrected chi connectivity index (χ0v) is 12.9. The predicted molar refractivity (Wildman–Crippen MR) is 78.9 cm³/mol. The highest BCUT2D eigenvalue weighted by Crippen LogP contribution is 2.25. The van der Waals surface area contributed by atoms with Crippen molar-refractivity contribution in [1.29, 1.82) is 0 Å². The normalized spacial score (nSPS) is 13.4. The number of thioether (sulfide) groups is 1. The lowest BCUT2D eigenvalue weighted by Gasteiger charge is -2.10. The van der Waals surface area contributed by atoms with Crippen LogP contribution in [0.25, 0.3) is 0 Å². The molecule has 108 valence electrons. The van der Waals surface area contributed by atoms with Gasteiger partial charge in [-0.1, -0.05) is 13.8 Å². The second-order valence-corrected chi connectivity index (χ2v) is 7.59. The molecule has 0 aromatic heterocycles. The van der Waals surface area contributed by atoms with Crippen LogP contribution < -0.4 is 4.72 Å². The highest BCUT2D eigenvalue weighted by molar-refractivity contribution is 8.00. The lowest BCUT2D eigenvalue weighted by Crippen LogP contribution is -2.24. The summed E-state index contributed by atoms with van der Waals surface area (Å²) in [6, 6.07) is 6.84. The van der Waals surface area contributed by atoms with Crippen molar-refractivity contribution in [3.05, 3.63) is 24.3 Å². The molecule has 0 saturated heterocycles. The molecule has 0 fully saturated rings. The molecule has 0 bridgehead atoms. The van der Waals surface area contributed by atoms with E-state index in [-0.39, 0.29) is 6.61 Å². The van der Waals surface area contributed by atoms with E-state index in [0.29, 0.717) is 16.7 Å². The monoisotopic (exact) mass is 303 g/mol. The molecule has 0 heterocycles. The number of rotatable bonds is 8. The van der Waals surface area contributed by atoms with Crippen LogP contribution in [-0.2, 0) is 10.0 Å². The molecule has 0 saturated carbocycles. The minimum Gasteiger partial charge on any atom is -0.396 e. The van der Waals surface area contributed by atoms with Crippen LogP contribution in [0, 0.1) is 0 Å². The Hall–Kier alpha value is -0.560. The number of sulfonamides is 1. The van der Waals surface area contributed by atoms with Gasteiger partial charge in [-0.25, -0.2) is 13.1 Å². The summed E-state index contributed by atoms with van der Waals surface area (Å²) in [5.74, 6) is 0. The number of aliphatic hydroxyl groups is 1. The average Bonchev–Trinajstić information content (AvgIpc) is 2.37. The maximum Gasteiger partial charge on any atom is 0.240 e. The Morgan fingerprint density at radius 1 is 1.32 bits per heavy atom. The van der Waals surface area contributed by atoms with Crippen molar-refractivity contribution >= 4 is 21.8 Å². The van der Waals surface area contributed by atoms with Crippen molar-refractivity contribution in [2.75, 3.05) is 13.2 Å². The van der Waals surface area contributed by atoms with E-state index in [4.69, 9.17) is 5.11 Å². The Kier molecular flexibility index (Phi) is 6.85. The third-order valence-electron chi connectivity index (χ3n) is 2.55. The summed E-state index contributed by atoms with van der Waals surface area (Å²) in [5, 5.41) is 9.16. The van der Waals surface area contributed by atoms with Gasteiger partial charge in [0.25, 0.3) is 0 Å². The standard InChI is InChI=1S/C13H21NO3S2/c1-3-9-14-19(16,17)13-6-4-12(5-7-13)18-11(2)8-10-15/h4-7,11,14-15H,3,8-10H2,1-2H3. The van der Waals surface area contributed by atoms with E-state index in [1.165, 1.54) is 0 Å². The molecule has 19 heavy (non-hydrogen) atoms. The Morgan fingerprint density at radius 3 is 2.47 bits per heavy atom. The first kappa shape index (κ1) is 16.5. The number of hydrogen-bond acceptors (Lipinski definition) is 4. The molecule has 6 heteroatoms. The Labute approximate surface area is 119 Å². The zero-order valence-electron chi connectivity index (χ0n) is 11.3. The molecule has 1 aromatic carbocycles. The molecule has 0 aliphatic heterocycles. The lowest BCUT2D eigenvalue weighted by molar-refractivity contribution is 0.289. The molecular weight excluding hydrogens is 282 g/mol. The summed E-state index contributed by atoms with van der Waals surface area (Å²) in [4.78, 5) is 1.30. The molecule has 1 rings (SSSR count). The van der Waals surface area contributed by atoms with E-state index in [0.717, 1.165) is 17.7 Å². The maximum absolute atomic E-state index is 11.9. The fraction of sp³-hybridized carbons (Fsp3) is 0.538. The van der Waals surface area contributed by atoms with Crippen molar-refractivity contribution in [2.45, 2.75) is 41.7 Å². The van der Waals surface area contributed by atoms with E-state index in [2.05, 4.69) is 4.72 Å². The first-order chi connectivity index (χ1) is 8.99. The van der Waals surface area contributed by atoms with Gasteiger partial charge in [-0.3, -0.25) is 0 Å². The van der Waals surface area contributed by atoms with Gasteiger partial charge in [-0.05, 0) is 37.1 Å². The Morgan fingerprint density at radius 2 is 1.95 bits per heavy atom. The van der Waals surface area contributed by atoms with Gasteiger partial charge in [0.05, 0.1) is 4.90 Å². The highest BCUT2D eigenvalue weighted by atomic mass is 32.2. The molecule has 0 amide bonds. The van der Waals surface area contributed by atoms with Gasteiger partial charge >= 0.3 is 0 Å². The van der Waals surface area contributed by atoms with E-state index < -0.39 is 10.0 Å². The third-order valence-corrected chi connectivity index (χ3v) is 5.21. The van der Waals surface area contributed by atoms with Crippen LogP contribution >= 0.6 is 11.8 Å². The highest BCUT2D eigenvalue weighted by Gasteiger charge is 2.13. The van der Waals surface area contributed by atoms with Crippen molar-refractivity contribution in [2.24, 2.45) is 0 Å². The predicted octanol–water partition coefficient (Wildman–Crippen LogP) is 2.24. The van der Waals surface area contributed by atoms with E-state index in [1.54, 1.807) is 36.0 Å². The quantitative estimate of drug-likeness (QED) is 0.723. The Balaban J connectivity index is 2.71. The molecule has 1 unspecified atom stereocenters. The van der Waals surface area contributed by atoms with Crippen molar-refractivity contribution in [3.63, 3.8) is 0 Å². The van der Waals surface area contributed by atoms with Crippen molar-refractivity contribution < 1.29 is 13.5 Å². The number of nitrogens with one attached hydrogen (secondary N) is 1. The van der Waals surface area contributed by atoms with Gasteiger partial charge in [0.1, 0.15) is 0 Å². The molecule has 0 aliphatic rings. The smallest absolute Gasteiger partial charge is 0.240 e. The van der Waals surface area contributed by atoms with Gasteiger partial charge in [-0.2, -0.15) is 0 Å². The van der Waals surface area contributed by atoms with Gasteiger partial charge in [0.2, 0.25) is 10.0 Å². The molecule has 1 aromatic rings. The van der Waals surface area contributed by atoms with E-state index in [1.807, 2.05) is 13.8 Å². The lowest BCUT2D eigenvalue weighted by atomic mass is 10.3. The number of aliphatic hydroxyl groups excluding tert-OH is 1. The van der Waals surface area contributed by atoms with Gasteiger partial charge in [-0.15, -0.1) is 11.8 Å². The molecular formula is C13H21NO3S2. The van der Waals surface area contributed by atoms with Crippen molar-refractivity contribution in [1.82, 2.24) is 4.72 Å². The third kappa shape index (κ3) is 5.52. The molecule has 0 aliphatic carbocycles.